The zero-order valence-corrected chi connectivity index (χ0v) is 16.8. The van der Waals surface area contributed by atoms with Crippen molar-refractivity contribution in [3.63, 3.8) is 0 Å². The van der Waals surface area contributed by atoms with Crippen LogP contribution in [-0.4, -0.2) is 51.2 Å². The number of carboxylic acids is 2. The van der Waals surface area contributed by atoms with Gasteiger partial charge in [-0.3, -0.25) is 14.4 Å². The first-order valence-electron chi connectivity index (χ1n) is 8.72. The summed E-state index contributed by atoms with van der Waals surface area (Å²) in [6.45, 7) is 5.47. The third kappa shape index (κ3) is 15.4. The Bertz CT molecular complexity index is 738. The summed E-state index contributed by atoms with van der Waals surface area (Å²) in [4.78, 5) is 37.1. The number of H-pyrrole nitrogens is 1. The van der Waals surface area contributed by atoms with E-state index in [1.165, 1.54) is 0 Å². The number of hydrogen-bond acceptors (Lipinski definition) is 6. The number of hydrogen-bond donors (Lipinski definition) is 5. The molecular formula is C19H28N4O6. The molecule has 0 radical (unpaired) electrons. The summed E-state index contributed by atoms with van der Waals surface area (Å²) in [7, 11) is 0. The molecule has 1 aromatic heterocycles. The number of aliphatic carboxylic acids is 2. The SMILES string of the molecule is CC(=O)O.CC(=O)O.Cc1cnc(CNC(=O)Cc2ccc(OCCN)cc2)[nH]1. The van der Waals surface area contributed by atoms with Gasteiger partial charge in [0.15, 0.2) is 0 Å². The number of benzene rings is 1. The standard InChI is InChI=1S/C15H20N4O2.2C2H4O2/c1-11-9-17-14(19-11)10-18-15(20)8-12-2-4-13(5-3-12)21-7-6-16;2*1-2(3)4/h2-5,9H,6-8,10,16H2,1H3,(H,17,19)(H,18,20);2*1H3,(H,3,4). The number of nitrogens with zero attached hydrogens (tertiary/aromatic N) is 1. The molecule has 10 nitrogen and oxygen atoms in total. The topological polar surface area (TPSA) is 168 Å². The number of carbonyl (C=O) groups excluding carboxylic acids is 1. The highest BCUT2D eigenvalue weighted by Gasteiger charge is 2.05. The third-order valence-corrected chi connectivity index (χ3v) is 2.88. The van der Waals surface area contributed by atoms with Crippen molar-refractivity contribution in [3.8, 4) is 5.75 Å². The zero-order valence-electron chi connectivity index (χ0n) is 16.8. The fourth-order valence-corrected chi connectivity index (χ4v) is 1.87. The third-order valence-electron chi connectivity index (χ3n) is 2.88. The molecule has 0 bridgehead atoms. The monoisotopic (exact) mass is 408 g/mol. The second-order valence-electron chi connectivity index (χ2n) is 5.79. The van der Waals surface area contributed by atoms with Gasteiger partial charge in [0.1, 0.15) is 18.2 Å². The van der Waals surface area contributed by atoms with Crippen molar-refractivity contribution in [2.45, 2.75) is 33.7 Å². The van der Waals surface area contributed by atoms with Gasteiger partial charge in [-0.1, -0.05) is 12.1 Å². The van der Waals surface area contributed by atoms with Gasteiger partial charge >= 0.3 is 0 Å². The number of aromatic amines is 1. The molecule has 6 N–H and O–H groups in total. The fraction of sp³-hybridized carbons (Fsp3) is 0.368. The summed E-state index contributed by atoms with van der Waals surface area (Å²) in [5.74, 6) is -0.193. The second kappa shape index (κ2) is 14.6. The maximum absolute atomic E-state index is 11.8. The average Bonchev–Trinajstić information content (AvgIpc) is 3.04. The van der Waals surface area contributed by atoms with Crippen LogP contribution in [0.1, 0.15) is 30.9 Å². The van der Waals surface area contributed by atoms with Crippen molar-refractivity contribution in [1.82, 2.24) is 15.3 Å². The zero-order chi connectivity index (χ0) is 22.2. The first-order valence-corrected chi connectivity index (χ1v) is 8.72. The number of nitrogens with one attached hydrogen (secondary N) is 2. The van der Waals surface area contributed by atoms with Gasteiger partial charge in [0, 0.05) is 32.3 Å². The van der Waals surface area contributed by atoms with E-state index in [2.05, 4.69) is 15.3 Å². The Hall–Kier alpha value is -3.40. The highest BCUT2D eigenvalue weighted by molar-refractivity contribution is 5.78. The molecule has 2 aromatic rings. The summed E-state index contributed by atoms with van der Waals surface area (Å²) in [6, 6.07) is 7.44. The number of ether oxygens (including phenoxy) is 1. The van der Waals surface area contributed by atoms with Crippen LogP contribution in [0.4, 0.5) is 0 Å². The Labute approximate surface area is 169 Å². The molecule has 0 saturated heterocycles. The molecule has 0 aliphatic rings. The van der Waals surface area contributed by atoms with Gasteiger partial charge in [0.05, 0.1) is 13.0 Å². The van der Waals surface area contributed by atoms with Gasteiger partial charge in [0.25, 0.3) is 11.9 Å². The van der Waals surface area contributed by atoms with Gasteiger partial charge in [-0.2, -0.15) is 0 Å². The van der Waals surface area contributed by atoms with Crippen molar-refractivity contribution >= 4 is 17.8 Å². The molecule has 0 spiro atoms. The van der Waals surface area contributed by atoms with Crippen molar-refractivity contribution in [2.75, 3.05) is 13.2 Å². The van der Waals surface area contributed by atoms with E-state index in [9.17, 15) is 4.79 Å². The van der Waals surface area contributed by atoms with E-state index in [0.29, 0.717) is 26.1 Å². The van der Waals surface area contributed by atoms with Crippen molar-refractivity contribution in [3.05, 3.63) is 47.5 Å². The van der Waals surface area contributed by atoms with Crippen molar-refractivity contribution in [2.24, 2.45) is 5.73 Å². The van der Waals surface area contributed by atoms with E-state index in [1.807, 2.05) is 31.2 Å². The molecule has 29 heavy (non-hydrogen) atoms. The fourth-order valence-electron chi connectivity index (χ4n) is 1.87. The van der Waals surface area contributed by atoms with Crippen LogP contribution >= 0.6 is 0 Å². The van der Waals surface area contributed by atoms with Crippen molar-refractivity contribution < 1.29 is 29.3 Å². The van der Waals surface area contributed by atoms with Crippen LogP contribution in [0.5, 0.6) is 5.75 Å². The van der Waals surface area contributed by atoms with Gasteiger partial charge < -0.3 is 31.0 Å². The minimum atomic E-state index is -0.833. The Morgan fingerprint density at radius 2 is 1.69 bits per heavy atom. The minimum Gasteiger partial charge on any atom is -0.492 e. The molecule has 10 heteroatoms. The lowest BCUT2D eigenvalue weighted by molar-refractivity contribution is -0.135. The number of imidazole rings is 1. The minimum absolute atomic E-state index is 0.0420. The molecule has 0 aliphatic carbocycles. The van der Waals surface area contributed by atoms with Crippen LogP contribution < -0.4 is 15.8 Å². The maximum atomic E-state index is 11.8. The van der Waals surface area contributed by atoms with Gasteiger partial charge in [-0.15, -0.1) is 0 Å². The normalized spacial score (nSPS) is 9.24. The Morgan fingerprint density at radius 1 is 1.14 bits per heavy atom. The van der Waals surface area contributed by atoms with Crippen molar-refractivity contribution in [1.29, 1.82) is 0 Å². The van der Waals surface area contributed by atoms with E-state index >= 15 is 0 Å². The summed E-state index contributed by atoms with van der Waals surface area (Å²) in [5.41, 5.74) is 7.28. The largest absolute Gasteiger partial charge is 0.492 e. The maximum Gasteiger partial charge on any atom is 0.300 e. The quantitative estimate of drug-likeness (QED) is 0.454. The van der Waals surface area contributed by atoms with Gasteiger partial charge in [0.2, 0.25) is 5.91 Å². The van der Waals surface area contributed by atoms with Crippen LogP contribution in [0.15, 0.2) is 30.5 Å². The lowest BCUT2D eigenvalue weighted by Crippen LogP contribution is -2.25. The van der Waals surface area contributed by atoms with Crippen LogP contribution in [-0.2, 0) is 27.3 Å². The number of rotatable bonds is 7. The van der Waals surface area contributed by atoms with E-state index in [-0.39, 0.29) is 5.91 Å². The molecule has 160 valence electrons. The molecule has 0 saturated carbocycles. The van der Waals surface area contributed by atoms with E-state index in [0.717, 1.165) is 36.7 Å². The number of aromatic nitrogens is 2. The van der Waals surface area contributed by atoms with Crippen LogP contribution in [0.25, 0.3) is 0 Å². The Morgan fingerprint density at radius 3 is 2.14 bits per heavy atom. The molecular weight excluding hydrogens is 380 g/mol. The van der Waals surface area contributed by atoms with E-state index < -0.39 is 11.9 Å². The highest BCUT2D eigenvalue weighted by Crippen LogP contribution is 2.12. The Balaban J connectivity index is 0.000000837. The molecule has 0 aliphatic heterocycles. The molecule has 1 amide bonds. The Kier molecular flexibility index (Phi) is 12.9. The first-order chi connectivity index (χ1) is 13.6. The number of amides is 1. The van der Waals surface area contributed by atoms with Crippen LogP contribution in [0.3, 0.4) is 0 Å². The lowest BCUT2D eigenvalue weighted by atomic mass is 10.1. The predicted octanol–water partition coefficient (Wildman–Crippen LogP) is 1.10. The average molecular weight is 408 g/mol. The number of nitrogens with two attached hydrogens (primary N) is 1. The molecule has 0 fully saturated rings. The number of carbonyl (C=O) groups is 3. The van der Waals surface area contributed by atoms with E-state index in [4.69, 9.17) is 30.3 Å². The number of carboxylic acid groups (broad SMARTS) is 2. The second-order valence-corrected chi connectivity index (χ2v) is 5.79. The summed E-state index contributed by atoms with van der Waals surface area (Å²) >= 11 is 0. The predicted molar refractivity (Wildman–Crippen MR) is 106 cm³/mol. The highest BCUT2D eigenvalue weighted by atomic mass is 16.5. The summed E-state index contributed by atoms with van der Waals surface area (Å²) in [6.07, 6.45) is 2.07. The summed E-state index contributed by atoms with van der Waals surface area (Å²) in [5, 5.41) is 17.7. The number of aryl methyl sites for hydroxylation is 1. The lowest BCUT2D eigenvalue weighted by Gasteiger charge is -2.06. The smallest absolute Gasteiger partial charge is 0.300 e. The van der Waals surface area contributed by atoms with E-state index in [1.54, 1.807) is 6.20 Å². The van der Waals surface area contributed by atoms with Gasteiger partial charge in [-0.05, 0) is 24.6 Å². The van der Waals surface area contributed by atoms with Crippen LogP contribution in [0.2, 0.25) is 0 Å². The molecule has 0 unspecified atom stereocenters. The molecule has 1 heterocycles. The summed E-state index contributed by atoms with van der Waals surface area (Å²) < 4.78 is 5.38. The molecule has 2 rings (SSSR count). The molecule has 1 aromatic carbocycles. The first kappa shape index (κ1) is 25.6. The van der Waals surface area contributed by atoms with Crippen LogP contribution in [0, 0.1) is 6.92 Å². The molecule has 0 atom stereocenters. The van der Waals surface area contributed by atoms with Gasteiger partial charge in [-0.25, -0.2) is 4.98 Å².